The second-order valence-corrected chi connectivity index (χ2v) is 9.32. The number of aromatic nitrogens is 3. The van der Waals surface area contributed by atoms with Crippen molar-refractivity contribution < 1.29 is 13.5 Å². The third kappa shape index (κ3) is 4.07. The molecule has 0 unspecified atom stereocenters. The molecule has 0 aliphatic heterocycles. The van der Waals surface area contributed by atoms with Crippen LogP contribution in [0.5, 0.6) is 5.75 Å². The van der Waals surface area contributed by atoms with Gasteiger partial charge in [-0.1, -0.05) is 30.0 Å². The third-order valence-corrected chi connectivity index (χ3v) is 6.88. The number of nitrogens with zero attached hydrogens (tertiary/aromatic N) is 3. The zero-order chi connectivity index (χ0) is 24.6. The van der Waals surface area contributed by atoms with Crippen LogP contribution in [0.25, 0.3) is 38.8 Å². The van der Waals surface area contributed by atoms with E-state index in [1.54, 1.807) is 31.6 Å². The summed E-state index contributed by atoms with van der Waals surface area (Å²) in [6.45, 7) is 0. The van der Waals surface area contributed by atoms with Crippen LogP contribution in [0.1, 0.15) is 0 Å². The van der Waals surface area contributed by atoms with Gasteiger partial charge in [-0.15, -0.1) is 0 Å². The number of pyridine rings is 2. The maximum atomic E-state index is 14.7. The molecule has 3 aromatic carbocycles. The van der Waals surface area contributed by atoms with Gasteiger partial charge in [0.05, 0.1) is 18.1 Å². The molecule has 6 aromatic rings. The molecule has 3 aromatic heterocycles. The van der Waals surface area contributed by atoms with E-state index in [0.29, 0.717) is 10.8 Å². The van der Waals surface area contributed by atoms with Gasteiger partial charge in [0.2, 0.25) is 0 Å². The molecule has 0 saturated heterocycles. The Kier molecular flexibility index (Phi) is 5.62. The molecule has 6 rings (SSSR count). The average Bonchev–Trinajstić information content (AvgIpc) is 3.21. The number of hydrogen-bond donors (Lipinski definition) is 0. The van der Waals surface area contributed by atoms with E-state index in [0.717, 1.165) is 43.6 Å². The molecule has 3 heterocycles. The number of ether oxygens (including phenoxy) is 1. The highest BCUT2D eigenvalue weighted by molar-refractivity contribution is 7.99. The van der Waals surface area contributed by atoms with E-state index in [-0.39, 0.29) is 11.6 Å². The summed E-state index contributed by atoms with van der Waals surface area (Å²) < 4.78 is 36.1. The van der Waals surface area contributed by atoms with E-state index in [2.05, 4.69) is 9.97 Å². The molecule has 7 heteroatoms. The molecule has 0 amide bonds. The molecule has 0 fully saturated rings. The van der Waals surface area contributed by atoms with Crippen LogP contribution in [0.3, 0.4) is 0 Å². The quantitative estimate of drug-likeness (QED) is 0.246. The molecule has 0 bridgehead atoms. The predicted octanol–water partition coefficient (Wildman–Crippen LogP) is 7.68. The first kappa shape index (κ1) is 22.2. The minimum atomic E-state index is -0.342. The van der Waals surface area contributed by atoms with Gasteiger partial charge in [0.1, 0.15) is 28.2 Å². The Morgan fingerprint density at radius 3 is 2.47 bits per heavy atom. The lowest BCUT2D eigenvalue weighted by atomic mass is 10.0. The summed E-state index contributed by atoms with van der Waals surface area (Å²) in [5, 5.41) is 2.39. The molecule has 0 saturated carbocycles. The van der Waals surface area contributed by atoms with Crippen LogP contribution in [-0.2, 0) is 0 Å². The van der Waals surface area contributed by atoms with Crippen molar-refractivity contribution in [3.63, 3.8) is 0 Å². The average molecular weight is 496 g/mol. The van der Waals surface area contributed by atoms with Gasteiger partial charge in [0.25, 0.3) is 0 Å². The summed E-state index contributed by atoms with van der Waals surface area (Å²) in [7, 11) is 1.60. The van der Waals surface area contributed by atoms with Gasteiger partial charge in [-0.2, -0.15) is 0 Å². The molecule has 0 aliphatic rings. The van der Waals surface area contributed by atoms with Gasteiger partial charge in [-0.3, -0.25) is 4.57 Å². The first-order valence-corrected chi connectivity index (χ1v) is 12.0. The largest absolute Gasteiger partial charge is 0.497 e. The highest BCUT2D eigenvalue weighted by Gasteiger charge is 2.15. The van der Waals surface area contributed by atoms with Crippen molar-refractivity contribution in [2.24, 2.45) is 0 Å². The van der Waals surface area contributed by atoms with Crippen LogP contribution in [0.15, 0.2) is 107 Å². The molecule has 0 radical (unpaired) electrons. The van der Waals surface area contributed by atoms with E-state index in [9.17, 15) is 8.78 Å². The number of rotatable bonds is 5. The highest BCUT2D eigenvalue weighted by atomic mass is 32.2. The SMILES string of the molecule is COc1ccnc(Sc2cc(F)cc(-c3ccc4c5cc(F)ccc5n(-c5ccccn5)c4c3)c2)c1. The number of benzene rings is 3. The fraction of sp³-hybridized carbons (Fsp3) is 0.0345. The Labute approximate surface area is 210 Å². The van der Waals surface area contributed by atoms with Crippen molar-refractivity contribution in [3.05, 3.63) is 109 Å². The van der Waals surface area contributed by atoms with Crippen LogP contribution in [-0.4, -0.2) is 21.6 Å². The van der Waals surface area contributed by atoms with E-state index in [4.69, 9.17) is 4.74 Å². The molecule has 0 aliphatic carbocycles. The van der Waals surface area contributed by atoms with Crippen molar-refractivity contribution >= 4 is 33.6 Å². The third-order valence-electron chi connectivity index (χ3n) is 5.98. The van der Waals surface area contributed by atoms with E-state index in [1.807, 2.05) is 53.1 Å². The zero-order valence-corrected chi connectivity index (χ0v) is 20.0. The van der Waals surface area contributed by atoms with Gasteiger partial charge in [0, 0.05) is 34.1 Å². The Bertz CT molecular complexity index is 1730. The smallest absolute Gasteiger partial charge is 0.137 e. The Morgan fingerprint density at radius 2 is 1.64 bits per heavy atom. The van der Waals surface area contributed by atoms with Crippen molar-refractivity contribution in [2.75, 3.05) is 7.11 Å². The van der Waals surface area contributed by atoms with Crippen molar-refractivity contribution in [2.45, 2.75) is 9.92 Å². The molecular weight excluding hydrogens is 476 g/mol. The van der Waals surface area contributed by atoms with Crippen LogP contribution < -0.4 is 4.74 Å². The minimum absolute atomic E-state index is 0.301. The monoisotopic (exact) mass is 495 g/mol. The van der Waals surface area contributed by atoms with Gasteiger partial charge in [-0.05, 0) is 71.8 Å². The Hall–Kier alpha value is -4.23. The number of halogens is 2. The van der Waals surface area contributed by atoms with Gasteiger partial charge in [-0.25, -0.2) is 18.7 Å². The molecule has 4 nitrogen and oxygen atoms in total. The van der Waals surface area contributed by atoms with Gasteiger partial charge >= 0.3 is 0 Å². The van der Waals surface area contributed by atoms with E-state index >= 15 is 0 Å². The minimum Gasteiger partial charge on any atom is -0.497 e. The van der Waals surface area contributed by atoms with Crippen molar-refractivity contribution in [1.29, 1.82) is 0 Å². The van der Waals surface area contributed by atoms with Crippen LogP contribution in [0.2, 0.25) is 0 Å². The summed E-state index contributed by atoms with van der Waals surface area (Å²) in [6.07, 6.45) is 3.39. The summed E-state index contributed by atoms with van der Waals surface area (Å²) >= 11 is 1.36. The lowest BCUT2D eigenvalue weighted by molar-refractivity contribution is 0.412. The maximum Gasteiger partial charge on any atom is 0.137 e. The second kappa shape index (κ2) is 9.09. The van der Waals surface area contributed by atoms with Gasteiger partial charge < -0.3 is 4.74 Å². The molecule has 0 spiro atoms. The second-order valence-electron chi connectivity index (χ2n) is 8.23. The summed E-state index contributed by atoms with van der Waals surface area (Å²) in [5.41, 5.74) is 3.27. The predicted molar refractivity (Wildman–Crippen MR) is 139 cm³/mol. The first-order valence-electron chi connectivity index (χ1n) is 11.2. The number of hydrogen-bond acceptors (Lipinski definition) is 4. The standard InChI is InChI=1S/C29H19F2N3OS/c1-35-22-9-11-33-29(17-22)36-23-13-19(12-21(31)15-23)18-5-7-24-25-16-20(30)6-8-26(25)34(27(24)14-18)28-4-2-3-10-32-28/h2-17H,1H3. The van der Waals surface area contributed by atoms with Crippen molar-refractivity contribution in [3.8, 4) is 22.7 Å². The number of fused-ring (bicyclic) bond motifs is 3. The fourth-order valence-electron chi connectivity index (χ4n) is 4.39. The normalized spacial score (nSPS) is 11.3. The summed E-state index contributed by atoms with van der Waals surface area (Å²) in [4.78, 5) is 9.60. The van der Waals surface area contributed by atoms with Crippen LogP contribution in [0.4, 0.5) is 8.78 Å². The zero-order valence-electron chi connectivity index (χ0n) is 19.2. The van der Waals surface area contributed by atoms with Crippen LogP contribution in [0, 0.1) is 11.6 Å². The Morgan fingerprint density at radius 1 is 0.722 bits per heavy atom. The first-order chi connectivity index (χ1) is 17.6. The molecule has 176 valence electrons. The summed E-state index contributed by atoms with van der Waals surface area (Å²) in [5.74, 6) is 0.768. The van der Waals surface area contributed by atoms with Crippen LogP contribution >= 0.6 is 11.8 Å². The molecule has 36 heavy (non-hydrogen) atoms. The van der Waals surface area contributed by atoms with E-state index in [1.165, 1.54) is 36.0 Å². The molecule has 0 N–H and O–H groups in total. The molecular formula is C29H19F2N3OS. The highest BCUT2D eigenvalue weighted by Crippen LogP contribution is 2.37. The Balaban J connectivity index is 1.50. The summed E-state index contributed by atoms with van der Waals surface area (Å²) in [6, 6.07) is 24.8. The topological polar surface area (TPSA) is 39.9 Å². The number of methoxy groups -OCH3 is 1. The molecule has 0 atom stereocenters. The van der Waals surface area contributed by atoms with Gasteiger partial charge in [0.15, 0.2) is 0 Å². The fourth-order valence-corrected chi connectivity index (χ4v) is 5.28. The van der Waals surface area contributed by atoms with Crippen molar-refractivity contribution in [1.82, 2.24) is 14.5 Å². The van der Waals surface area contributed by atoms with E-state index < -0.39 is 0 Å². The lowest BCUT2D eigenvalue weighted by Crippen LogP contribution is -1.96. The lowest BCUT2D eigenvalue weighted by Gasteiger charge is -2.09. The maximum absolute atomic E-state index is 14.7.